The summed E-state index contributed by atoms with van der Waals surface area (Å²) >= 11 is 0. The van der Waals surface area contributed by atoms with Crippen LogP contribution in [0.5, 0.6) is 0 Å². The van der Waals surface area contributed by atoms with Gasteiger partial charge in [0.25, 0.3) is 5.56 Å². The molecule has 0 saturated heterocycles. The zero-order chi connectivity index (χ0) is 13.7. The van der Waals surface area contributed by atoms with Crippen molar-refractivity contribution in [1.29, 1.82) is 0 Å². The molecule has 0 radical (unpaired) electrons. The average Bonchev–Trinajstić information content (AvgIpc) is 2.33. The van der Waals surface area contributed by atoms with Crippen molar-refractivity contribution < 1.29 is 14.6 Å². The van der Waals surface area contributed by atoms with E-state index in [9.17, 15) is 9.59 Å². The maximum Gasteiger partial charge on any atom is 0.330 e. The lowest BCUT2D eigenvalue weighted by molar-refractivity contribution is -0.0933. The topological polar surface area (TPSA) is 93.5 Å². The fourth-order valence-electron chi connectivity index (χ4n) is 1.52. The number of nitrogens with one attached hydrogen (secondary N) is 1. The lowest BCUT2D eigenvalue weighted by Gasteiger charge is -2.21. The average molecular weight is 258 g/mol. The van der Waals surface area contributed by atoms with Crippen molar-refractivity contribution in [3.8, 4) is 0 Å². The van der Waals surface area contributed by atoms with Crippen LogP contribution in [-0.2, 0) is 9.47 Å². The second-order valence-electron chi connectivity index (χ2n) is 3.97. The summed E-state index contributed by atoms with van der Waals surface area (Å²) in [6.07, 6.45) is 0.289. The molecule has 0 aromatic carbocycles. The van der Waals surface area contributed by atoms with Crippen LogP contribution in [0.1, 0.15) is 18.7 Å². The normalized spacial score (nSPS) is 14.4. The lowest BCUT2D eigenvalue weighted by atomic mass is 10.3. The summed E-state index contributed by atoms with van der Waals surface area (Å²) in [5.74, 6) is 0. The molecule has 1 heterocycles. The molecule has 0 aliphatic heterocycles. The Balaban J connectivity index is 2.90. The van der Waals surface area contributed by atoms with Crippen LogP contribution in [0.15, 0.2) is 15.8 Å². The quantitative estimate of drug-likeness (QED) is 0.709. The molecule has 0 amide bonds. The zero-order valence-corrected chi connectivity index (χ0v) is 10.7. The van der Waals surface area contributed by atoms with Crippen LogP contribution >= 0.6 is 0 Å². The minimum absolute atomic E-state index is 0.213. The van der Waals surface area contributed by atoms with Gasteiger partial charge in [0.05, 0.1) is 13.2 Å². The van der Waals surface area contributed by atoms with Crippen LogP contribution in [0.4, 0.5) is 0 Å². The van der Waals surface area contributed by atoms with Gasteiger partial charge < -0.3 is 14.6 Å². The minimum Gasteiger partial charge on any atom is -0.394 e. The lowest BCUT2D eigenvalue weighted by Crippen LogP contribution is -2.36. The van der Waals surface area contributed by atoms with Crippen molar-refractivity contribution in [3.63, 3.8) is 0 Å². The van der Waals surface area contributed by atoms with Gasteiger partial charge >= 0.3 is 5.69 Å². The van der Waals surface area contributed by atoms with E-state index in [1.807, 2.05) is 0 Å². The number of rotatable bonds is 6. The number of aliphatic hydroxyl groups is 1. The van der Waals surface area contributed by atoms with E-state index in [4.69, 9.17) is 14.6 Å². The molecular weight excluding hydrogens is 240 g/mol. The molecule has 0 bridgehead atoms. The number of aromatic amines is 1. The number of aryl methyl sites for hydroxylation is 1. The summed E-state index contributed by atoms with van der Waals surface area (Å²) in [6, 6.07) is 0. The van der Waals surface area contributed by atoms with Crippen molar-refractivity contribution in [1.82, 2.24) is 9.55 Å². The third-order valence-corrected chi connectivity index (χ3v) is 2.48. The van der Waals surface area contributed by atoms with Gasteiger partial charge in [-0.25, -0.2) is 4.79 Å². The standard InChI is InChI=1S/C11H18N2O5/c1-7-4-13(11(16)12-10(7)15)8(2)18-9(5-14)6-17-3/h4,8-9,14H,5-6H2,1-3H3,(H,12,15,16). The summed E-state index contributed by atoms with van der Waals surface area (Å²) in [6.45, 7) is 3.25. The molecule has 1 aromatic rings. The molecule has 7 nitrogen and oxygen atoms in total. The number of methoxy groups -OCH3 is 1. The van der Waals surface area contributed by atoms with E-state index in [-0.39, 0.29) is 13.2 Å². The molecule has 2 unspecified atom stereocenters. The summed E-state index contributed by atoms with van der Waals surface area (Å²) < 4.78 is 11.6. The highest BCUT2D eigenvalue weighted by Crippen LogP contribution is 2.08. The van der Waals surface area contributed by atoms with E-state index in [0.717, 1.165) is 0 Å². The van der Waals surface area contributed by atoms with Crippen LogP contribution in [0, 0.1) is 6.92 Å². The van der Waals surface area contributed by atoms with Crippen LogP contribution in [0.2, 0.25) is 0 Å². The molecule has 102 valence electrons. The number of hydrogen-bond acceptors (Lipinski definition) is 5. The van der Waals surface area contributed by atoms with Gasteiger partial charge in [-0.05, 0) is 13.8 Å². The summed E-state index contributed by atoms with van der Waals surface area (Å²) in [5, 5.41) is 9.07. The molecule has 2 N–H and O–H groups in total. The molecule has 1 aromatic heterocycles. The van der Waals surface area contributed by atoms with Crippen molar-refractivity contribution in [3.05, 3.63) is 32.6 Å². The fraction of sp³-hybridized carbons (Fsp3) is 0.636. The van der Waals surface area contributed by atoms with Crippen molar-refractivity contribution in [2.24, 2.45) is 0 Å². The zero-order valence-electron chi connectivity index (χ0n) is 10.7. The predicted octanol–water partition coefficient (Wildman–Crippen LogP) is -0.613. The van der Waals surface area contributed by atoms with E-state index in [1.165, 1.54) is 17.9 Å². The Morgan fingerprint density at radius 2 is 2.17 bits per heavy atom. The van der Waals surface area contributed by atoms with Crippen LogP contribution in [0.25, 0.3) is 0 Å². The molecule has 7 heteroatoms. The van der Waals surface area contributed by atoms with Gasteiger partial charge in [0, 0.05) is 18.9 Å². The number of aromatic nitrogens is 2. The molecule has 0 saturated carbocycles. The second-order valence-corrected chi connectivity index (χ2v) is 3.97. The van der Waals surface area contributed by atoms with E-state index in [1.54, 1.807) is 13.8 Å². The van der Waals surface area contributed by atoms with E-state index < -0.39 is 23.6 Å². The van der Waals surface area contributed by atoms with Gasteiger partial charge in [-0.2, -0.15) is 0 Å². The van der Waals surface area contributed by atoms with E-state index in [0.29, 0.717) is 5.56 Å². The fourth-order valence-corrected chi connectivity index (χ4v) is 1.52. The van der Waals surface area contributed by atoms with Gasteiger partial charge in [-0.1, -0.05) is 0 Å². The van der Waals surface area contributed by atoms with Crippen LogP contribution in [0.3, 0.4) is 0 Å². The Kier molecular flexibility index (Phi) is 5.26. The Morgan fingerprint density at radius 3 is 2.72 bits per heavy atom. The molecule has 1 rings (SSSR count). The van der Waals surface area contributed by atoms with Crippen LogP contribution in [-0.4, -0.2) is 41.1 Å². The monoisotopic (exact) mass is 258 g/mol. The number of aliphatic hydroxyl groups excluding tert-OH is 1. The molecular formula is C11H18N2O5. The Bertz CT molecular complexity index is 493. The van der Waals surface area contributed by atoms with Gasteiger partial charge in [0.15, 0.2) is 0 Å². The molecule has 0 fully saturated rings. The molecule has 0 spiro atoms. The molecule has 0 aliphatic carbocycles. The Hall–Kier alpha value is -1.44. The first-order valence-corrected chi connectivity index (χ1v) is 5.57. The Morgan fingerprint density at radius 1 is 1.50 bits per heavy atom. The summed E-state index contributed by atoms with van der Waals surface area (Å²) in [5.41, 5.74) is -0.552. The SMILES string of the molecule is COCC(CO)OC(C)n1cc(C)c(=O)[nH]c1=O. The number of H-pyrrole nitrogens is 1. The van der Waals surface area contributed by atoms with Crippen LogP contribution < -0.4 is 11.2 Å². The third kappa shape index (κ3) is 3.52. The van der Waals surface area contributed by atoms with Crippen molar-refractivity contribution in [2.45, 2.75) is 26.2 Å². The Labute approximate surface area is 104 Å². The highest BCUT2D eigenvalue weighted by Gasteiger charge is 2.15. The van der Waals surface area contributed by atoms with Gasteiger partial charge in [-0.3, -0.25) is 14.3 Å². The smallest absolute Gasteiger partial charge is 0.330 e. The molecule has 0 aliphatic rings. The maximum absolute atomic E-state index is 11.6. The second kappa shape index (κ2) is 6.48. The first-order chi connectivity index (χ1) is 8.49. The summed E-state index contributed by atoms with van der Waals surface area (Å²) in [4.78, 5) is 25.0. The first kappa shape index (κ1) is 14.6. The number of ether oxygens (including phenoxy) is 2. The maximum atomic E-state index is 11.6. The van der Waals surface area contributed by atoms with E-state index in [2.05, 4.69) is 4.98 Å². The molecule has 2 atom stereocenters. The highest BCUT2D eigenvalue weighted by molar-refractivity contribution is 5.01. The number of hydrogen-bond donors (Lipinski definition) is 2. The summed E-state index contributed by atoms with van der Waals surface area (Å²) in [7, 11) is 1.49. The predicted molar refractivity (Wildman–Crippen MR) is 64.6 cm³/mol. The highest BCUT2D eigenvalue weighted by atomic mass is 16.5. The van der Waals surface area contributed by atoms with E-state index >= 15 is 0 Å². The first-order valence-electron chi connectivity index (χ1n) is 5.57. The van der Waals surface area contributed by atoms with Gasteiger partial charge in [0.2, 0.25) is 0 Å². The molecule has 18 heavy (non-hydrogen) atoms. The number of nitrogens with zero attached hydrogens (tertiary/aromatic N) is 1. The van der Waals surface area contributed by atoms with Crippen molar-refractivity contribution >= 4 is 0 Å². The van der Waals surface area contributed by atoms with Gasteiger partial charge in [-0.15, -0.1) is 0 Å². The minimum atomic E-state index is -0.611. The third-order valence-electron chi connectivity index (χ3n) is 2.48. The largest absolute Gasteiger partial charge is 0.394 e. The van der Waals surface area contributed by atoms with Crippen molar-refractivity contribution in [2.75, 3.05) is 20.3 Å². The van der Waals surface area contributed by atoms with Gasteiger partial charge in [0.1, 0.15) is 12.3 Å².